The molecular weight excluding hydrogens is 392 g/mol. The fourth-order valence-corrected chi connectivity index (χ4v) is 3.48. The molecule has 2 rings (SSSR count). The molecule has 29 heavy (non-hydrogen) atoms. The third kappa shape index (κ3) is 6.40. The Morgan fingerprint density at radius 2 is 1.59 bits per heavy atom. The average Bonchev–Trinajstić information content (AvgIpc) is 2.66. The lowest BCUT2D eigenvalue weighted by atomic mass is 10.0. The van der Waals surface area contributed by atoms with Crippen molar-refractivity contribution in [2.45, 2.75) is 25.2 Å². The molecule has 0 saturated heterocycles. The van der Waals surface area contributed by atoms with Gasteiger partial charge in [-0.1, -0.05) is 26.0 Å². The van der Waals surface area contributed by atoms with E-state index in [4.69, 9.17) is 4.74 Å². The Morgan fingerprint density at radius 3 is 2.10 bits per heavy atom. The predicted molar refractivity (Wildman–Crippen MR) is 111 cm³/mol. The van der Waals surface area contributed by atoms with Crippen molar-refractivity contribution in [3.63, 3.8) is 0 Å². The van der Waals surface area contributed by atoms with Gasteiger partial charge < -0.3 is 10.1 Å². The SMILES string of the molecule is CC(C)Cc1ccc(C(=O)OCC(=O)Nc2ccc(S(=O)(=O)N(C)C)cc2)cc1. The highest BCUT2D eigenvalue weighted by atomic mass is 32.2. The highest BCUT2D eigenvalue weighted by molar-refractivity contribution is 7.89. The number of amides is 1. The molecule has 156 valence electrons. The van der Waals surface area contributed by atoms with E-state index in [0.29, 0.717) is 17.2 Å². The van der Waals surface area contributed by atoms with Gasteiger partial charge in [-0.3, -0.25) is 4.79 Å². The molecule has 0 saturated carbocycles. The minimum Gasteiger partial charge on any atom is -0.452 e. The number of hydrogen-bond donors (Lipinski definition) is 1. The van der Waals surface area contributed by atoms with Gasteiger partial charge in [0.2, 0.25) is 10.0 Å². The number of carbonyl (C=O) groups is 2. The lowest BCUT2D eigenvalue weighted by molar-refractivity contribution is -0.119. The highest BCUT2D eigenvalue weighted by Crippen LogP contribution is 2.16. The fourth-order valence-electron chi connectivity index (χ4n) is 2.58. The summed E-state index contributed by atoms with van der Waals surface area (Å²) in [7, 11) is -0.650. The predicted octanol–water partition coefficient (Wildman–Crippen LogP) is 2.93. The Bertz CT molecular complexity index is 950. The molecule has 0 atom stereocenters. The number of esters is 1. The first-order chi connectivity index (χ1) is 13.6. The molecule has 0 unspecified atom stereocenters. The van der Waals surface area contributed by atoms with Crippen LogP contribution in [0.15, 0.2) is 53.4 Å². The van der Waals surface area contributed by atoms with E-state index in [1.54, 1.807) is 12.1 Å². The molecule has 1 N–H and O–H groups in total. The van der Waals surface area contributed by atoms with Crippen LogP contribution < -0.4 is 5.32 Å². The van der Waals surface area contributed by atoms with Crippen molar-refractivity contribution >= 4 is 27.6 Å². The summed E-state index contributed by atoms with van der Waals surface area (Å²) in [6, 6.07) is 12.9. The summed E-state index contributed by atoms with van der Waals surface area (Å²) in [5.41, 5.74) is 1.92. The summed E-state index contributed by atoms with van der Waals surface area (Å²) in [5, 5.41) is 2.56. The van der Waals surface area contributed by atoms with Crippen LogP contribution in [0.1, 0.15) is 29.8 Å². The van der Waals surface area contributed by atoms with Gasteiger partial charge in [0.05, 0.1) is 10.5 Å². The number of anilines is 1. The monoisotopic (exact) mass is 418 g/mol. The lowest BCUT2D eigenvalue weighted by Crippen LogP contribution is -2.22. The van der Waals surface area contributed by atoms with E-state index < -0.39 is 28.5 Å². The molecule has 0 bridgehead atoms. The Kier molecular flexibility index (Phi) is 7.53. The Hall–Kier alpha value is -2.71. The van der Waals surface area contributed by atoms with Gasteiger partial charge in [0, 0.05) is 19.8 Å². The van der Waals surface area contributed by atoms with Gasteiger partial charge in [-0.25, -0.2) is 17.5 Å². The molecular formula is C21H26N2O5S. The minimum atomic E-state index is -3.53. The van der Waals surface area contributed by atoms with E-state index in [2.05, 4.69) is 19.2 Å². The largest absolute Gasteiger partial charge is 0.452 e. The highest BCUT2D eigenvalue weighted by Gasteiger charge is 2.17. The van der Waals surface area contributed by atoms with Gasteiger partial charge in [0.15, 0.2) is 6.61 Å². The van der Waals surface area contributed by atoms with E-state index >= 15 is 0 Å². The first-order valence-electron chi connectivity index (χ1n) is 9.18. The molecule has 0 fully saturated rings. The van der Waals surface area contributed by atoms with Gasteiger partial charge in [-0.05, 0) is 54.3 Å². The van der Waals surface area contributed by atoms with Crippen molar-refractivity contribution in [1.82, 2.24) is 4.31 Å². The number of nitrogens with zero attached hydrogens (tertiary/aromatic N) is 1. The molecule has 1 amide bonds. The number of ether oxygens (including phenoxy) is 1. The third-order valence-electron chi connectivity index (χ3n) is 4.08. The standard InChI is InChI=1S/C21H26N2O5S/c1-15(2)13-16-5-7-17(8-6-16)21(25)28-14-20(24)22-18-9-11-19(12-10-18)29(26,27)23(3)4/h5-12,15H,13-14H2,1-4H3,(H,22,24). The van der Waals surface area contributed by atoms with Gasteiger partial charge in [-0.15, -0.1) is 0 Å². The first-order valence-corrected chi connectivity index (χ1v) is 10.6. The molecule has 0 aliphatic carbocycles. The van der Waals surface area contributed by atoms with Crippen LogP contribution in [0.2, 0.25) is 0 Å². The van der Waals surface area contributed by atoms with Crippen LogP contribution >= 0.6 is 0 Å². The van der Waals surface area contributed by atoms with E-state index in [1.165, 1.54) is 38.4 Å². The summed E-state index contributed by atoms with van der Waals surface area (Å²) in [4.78, 5) is 24.2. The van der Waals surface area contributed by atoms with Crippen LogP contribution in [0.5, 0.6) is 0 Å². The van der Waals surface area contributed by atoms with Crippen LogP contribution in [0.3, 0.4) is 0 Å². The van der Waals surface area contributed by atoms with Gasteiger partial charge in [0.1, 0.15) is 0 Å². The molecule has 7 nitrogen and oxygen atoms in total. The molecule has 0 aromatic heterocycles. The molecule has 2 aromatic rings. The number of sulfonamides is 1. The summed E-state index contributed by atoms with van der Waals surface area (Å²) in [6.07, 6.45) is 0.923. The van der Waals surface area contributed by atoms with Crippen LogP contribution in [0.4, 0.5) is 5.69 Å². The zero-order valence-corrected chi connectivity index (χ0v) is 17.8. The normalized spacial score (nSPS) is 11.5. The van der Waals surface area contributed by atoms with Crippen molar-refractivity contribution in [3.8, 4) is 0 Å². The van der Waals surface area contributed by atoms with Gasteiger partial charge in [0.25, 0.3) is 5.91 Å². The van der Waals surface area contributed by atoms with Crippen LogP contribution in [0, 0.1) is 5.92 Å². The molecule has 0 spiro atoms. The van der Waals surface area contributed by atoms with Gasteiger partial charge >= 0.3 is 5.97 Å². The van der Waals surface area contributed by atoms with Crippen LogP contribution in [0.25, 0.3) is 0 Å². The molecule has 0 aliphatic heterocycles. The smallest absolute Gasteiger partial charge is 0.338 e. The van der Waals surface area contributed by atoms with Crippen molar-refractivity contribution < 1.29 is 22.7 Å². The number of carbonyl (C=O) groups excluding carboxylic acids is 2. The second kappa shape index (κ2) is 9.67. The molecule has 0 heterocycles. The summed E-state index contributed by atoms with van der Waals surface area (Å²) >= 11 is 0. The molecule has 0 aliphatic rings. The van der Waals surface area contributed by atoms with Crippen LogP contribution in [-0.2, 0) is 26.0 Å². The fraction of sp³-hybridized carbons (Fsp3) is 0.333. The summed E-state index contributed by atoms with van der Waals surface area (Å²) < 4.78 is 30.2. The van der Waals surface area contributed by atoms with Crippen molar-refractivity contribution in [1.29, 1.82) is 0 Å². The van der Waals surface area contributed by atoms with Crippen molar-refractivity contribution in [2.75, 3.05) is 26.0 Å². The number of nitrogens with one attached hydrogen (secondary N) is 1. The lowest BCUT2D eigenvalue weighted by Gasteiger charge is -2.12. The topological polar surface area (TPSA) is 92.8 Å². The zero-order chi connectivity index (χ0) is 21.6. The van der Waals surface area contributed by atoms with E-state index in [9.17, 15) is 18.0 Å². The number of rotatable bonds is 8. The quantitative estimate of drug-likeness (QED) is 0.666. The van der Waals surface area contributed by atoms with Crippen molar-refractivity contribution in [2.24, 2.45) is 5.92 Å². The second-order valence-electron chi connectivity index (χ2n) is 7.23. The minimum absolute atomic E-state index is 0.118. The van der Waals surface area contributed by atoms with E-state index in [1.807, 2.05) is 12.1 Å². The summed E-state index contributed by atoms with van der Waals surface area (Å²) in [5.74, 6) is -0.574. The van der Waals surface area contributed by atoms with E-state index in [-0.39, 0.29) is 4.90 Å². The Morgan fingerprint density at radius 1 is 1.00 bits per heavy atom. The van der Waals surface area contributed by atoms with Gasteiger partial charge in [-0.2, -0.15) is 0 Å². The first kappa shape index (κ1) is 22.6. The molecule has 0 radical (unpaired) electrons. The van der Waals surface area contributed by atoms with Crippen LogP contribution in [-0.4, -0.2) is 45.3 Å². The Labute approximate surface area is 171 Å². The molecule has 8 heteroatoms. The maximum atomic E-state index is 12.1. The zero-order valence-electron chi connectivity index (χ0n) is 17.0. The van der Waals surface area contributed by atoms with E-state index in [0.717, 1.165) is 16.3 Å². The van der Waals surface area contributed by atoms with Crippen molar-refractivity contribution in [3.05, 3.63) is 59.7 Å². The number of benzene rings is 2. The average molecular weight is 419 g/mol. The molecule has 2 aromatic carbocycles. The maximum absolute atomic E-state index is 12.1. The Balaban J connectivity index is 1.88. The maximum Gasteiger partial charge on any atom is 0.338 e. The summed E-state index contributed by atoms with van der Waals surface area (Å²) in [6.45, 7) is 3.80. The number of hydrogen-bond acceptors (Lipinski definition) is 5. The third-order valence-corrected chi connectivity index (χ3v) is 5.91. The second-order valence-corrected chi connectivity index (χ2v) is 9.38.